The van der Waals surface area contributed by atoms with E-state index in [0.29, 0.717) is 5.69 Å². The molecule has 0 atom stereocenters. The molecule has 0 spiro atoms. The number of nitrogens with zero attached hydrogens (tertiary/aromatic N) is 1. The van der Waals surface area contributed by atoms with Crippen molar-refractivity contribution in [3.8, 4) is 5.75 Å². The Morgan fingerprint density at radius 3 is 2.82 bits per heavy atom. The Morgan fingerprint density at radius 1 is 1.24 bits per heavy atom. The average molecular weight is 227 g/mol. The molecular weight excluding hydrogens is 214 g/mol. The second kappa shape index (κ2) is 3.38. The van der Waals surface area contributed by atoms with Crippen LogP contribution >= 0.6 is 0 Å². The fourth-order valence-electron chi connectivity index (χ4n) is 2.24. The summed E-state index contributed by atoms with van der Waals surface area (Å²) in [5, 5.41) is 2.08. The van der Waals surface area contributed by atoms with Crippen LogP contribution in [0.5, 0.6) is 5.75 Å². The summed E-state index contributed by atoms with van der Waals surface area (Å²) >= 11 is 0. The molecule has 0 bridgehead atoms. The van der Waals surface area contributed by atoms with Gasteiger partial charge in [-0.3, -0.25) is 4.98 Å². The zero-order chi connectivity index (χ0) is 12.0. The van der Waals surface area contributed by atoms with E-state index in [-0.39, 0.29) is 0 Å². The number of nitrogen functional groups attached to an aromatic ring is 1. The van der Waals surface area contributed by atoms with E-state index >= 15 is 0 Å². The first-order valence-electron chi connectivity index (χ1n) is 5.40. The minimum atomic E-state index is 0.680. The van der Waals surface area contributed by atoms with E-state index in [2.05, 4.69) is 16.0 Å². The van der Waals surface area contributed by atoms with Gasteiger partial charge in [-0.05, 0) is 24.6 Å². The van der Waals surface area contributed by atoms with Crippen LogP contribution in [0.25, 0.3) is 21.8 Å². The Hall–Kier alpha value is -2.23. The summed E-state index contributed by atoms with van der Waals surface area (Å²) in [6.07, 6.45) is 3.45. The van der Waals surface area contributed by atoms with E-state index in [1.165, 1.54) is 0 Å². The van der Waals surface area contributed by atoms with E-state index in [0.717, 1.165) is 33.1 Å². The van der Waals surface area contributed by atoms with Crippen LogP contribution in [0.15, 0.2) is 24.5 Å². The van der Waals surface area contributed by atoms with Gasteiger partial charge in [0.15, 0.2) is 0 Å². The maximum atomic E-state index is 5.97. The molecule has 2 heterocycles. The highest BCUT2D eigenvalue weighted by molar-refractivity contribution is 6.12. The highest BCUT2D eigenvalue weighted by Crippen LogP contribution is 2.33. The van der Waals surface area contributed by atoms with Crippen LogP contribution in [0.3, 0.4) is 0 Å². The minimum absolute atomic E-state index is 0.680. The number of hydrogen-bond donors (Lipinski definition) is 2. The first-order chi connectivity index (χ1) is 8.20. The number of aromatic nitrogens is 2. The van der Waals surface area contributed by atoms with Crippen LogP contribution < -0.4 is 10.5 Å². The van der Waals surface area contributed by atoms with Crippen molar-refractivity contribution < 1.29 is 4.74 Å². The van der Waals surface area contributed by atoms with Crippen molar-refractivity contribution in [2.75, 3.05) is 12.8 Å². The van der Waals surface area contributed by atoms with Gasteiger partial charge in [0.25, 0.3) is 0 Å². The van der Waals surface area contributed by atoms with Gasteiger partial charge in [-0.1, -0.05) is 0 Å². The zero-order valence-electron chi connectivity index (χ0n) is 9.74. The lowest BCUT2D eigenvalue weighted by Gasteiger charge is -2.04. The van der Waals surface area contributed by atoms with Gasteiger partial charge in [0.05, 0.1) is 30.7 Å². The van der Waals surface area contributed by atoms with Crippen molar-refractivity contribution in [3.63, 3.8) is 0 Å². The number of aromatic amines is 1. The van der Waals surface area contributed by atoms with E-state index in [9.17, 15) is 0 Å². The molecule has 3 rings (SSSR count). The first kappa shape index (κ1) is 9.96. The summed E-state index contributed by atoms with van der Waals surface area (Å²) in [6.45, 7) is 2.02. The Kier molecular flexibility index (Phi) is 1.98. The van der Waals surface area contributed by atoms with Gasteiger partial charge in [-0.2, -0.15) is 0 Å². The minimum Gasteiger partial charge on any atom is -0.496 e. The van der Waals surface area contributed by atoms with Gasteiger partial charge in [-0.15, -0.1) is 0 Å². The molecule has 17 heavy (non-hydrogen) atoms. The van der Waals surface area contributed by atoms with Crippen molar-refractivity contribution in [2.45, 2.75) is 6.92 Å². The predicted molar refractivity (Wildman–Crippen MR) is 69.3 cm³/mol. The van der Waals surface area contributed by atoms with E-state index in [1.54, 1.807) is 19.5 Å². The summed E-state index contributed by atoms with van der Waals surface area (Å²) < 4.78 is 5.34. The molecule has 1 aromatic carbocycles. The topological polar surface area (TPSA) is 63.9 Å². The summed E-state index contributed by atoms with van der Waals surface area (Å²) in [7, 11) is 1.67. The van der Waals surface area contributed by atoms with Gasteiger partial charge in [0.1, 0.15) is 5.75 Å². The number of hydrogen-bond acceptors (Lipinski definition) is 3. The lowest BCUT2D eigenvalue weighted by atomic mass is 10.1. The molecule has 0 amide bonds. The second-order valence-corrected chi connectivity index (χ2v) is 4.14. The van der Waals surface area contributed by atoms with Crippen molar-refractivity contribution in [1.82, 2.24) is 9.97 Å². The maximum absolute atomic E-state index is 5.97. The van der Waals surface area contributed by atoms with E-state index < -0.39 is 0 Å². The molecule has 0 radical (unpaired) electrons. The molecule has 0 fully saturated rings. The highest BCUT2D eigenvalue weighted by atomic mass is 16.5. The number of pyridine rings is 1. The van der Waals surface area contributed by atoms with Crippen LogP contribution in [0.4, 0.5) is 5.69 Å². The molecule has 0 saturated heterocycles. The summed E-state index contributed by atoms with van der Waals surface area (Å²) in [5.41, 5.74) is 9.75. The Balaban J connectivity index is 2.51. The molecule has 0 unspecified atom stereocenters. The Morgan fingerprint density at radius 2 is 2.06 bits per heavy atom. The zero-order valence-corrected chi connectivity index (χ0v) is 9.74. The van der Waals surface area contributed by atoms with Gasteiger partial charge in [-0.25, -0.2) is 0 Å². The quantitative estimate of drug-likeness (QED) is 0.671. The number of anilines is 1. The molecule has 0 aliphatic rings. The van der Waals surface area contributed by atoms with Crippen LogP contribution in [-0.4, -0.2) is 17.1 Å². The third-order valence-corrected chi connectivity index (χ3v) is 3.05. The molecule has 2 aromatic heterocycles. The molecule has 4 heteroatoms. The number of fused-ring (bicyclic) bond motifs is 3. The Labute approximate surface area is 98.4 Å². The predicted octanol–water partition coefficient (Wildman–Crippen LogP) is 2.62. The molecular formula is C13H13N3O. The molecule has 86 valence electrons. The maximum Gasteiger partial charge on any atom is 0.122 e. The fraction of sp³-hybridized carbons (Fsp3) is 0.154. The largest absolute Gasteiger partial charge is 0.496 e. The van der Waals surface area contributed by atoms with Crippen molar-refractivity contribution in [1.29, 1.82) is 0 Å². The van der Waals surface area contributed by atoms with Gasteiger partial charge >= 0.3 is 0 Å². The molecule has 3 aromatic rings. The van der Waals surface area contributed by atoms with E-state index in [1.807, 2.05) is 13.0 Å². The number of ether oxygens (including phenoxy) is 1. The molecule has 0 saturated carbocycles. The van der Waals surface area contributed by atoms with Crippen LogP contribution in [-0.2, 0) is 0 Å². The third kappa shape index (κ3) is 1.34. The molecule has 4 nitrogen and oxygen atoms in total. The molecule has 3 N–H and O–H groups in total. The summed E-state index contributed by atoms with van der Waals surface area (Å²) in [5.74, 6) is 0.870. The number of benzene rings is 1. The highest BCUT2D eigenvalue weighted by Gasteiger charge is 2.10. The van der Waals surface area contributed by atoms with Crippen LogP contribution in [0.2, 0.25) is 0 Å². The second-order valence-electron chi connectivity index (χ2n) is 4.14. The number of rotatable bonds is 1. The first-order valence-corrected chi connectivity index (χ1v) is 5.40. The van der Waals surface area contributed by atoms with Gasteiger partial charge in [0.2, 0.25) is 0 Å². The standard InChI is InChI=1S/C13H13N3O/c1-7-3-10-8(4-12(7)17-2)13-9(14)5-15-6-11(13)16-10/h3-6,16H,14H2,1-2H3. The van der Waals surface area contributed by atoms with Crippen molar-refractivity contribution in [3.05, 3.63) is 30.1 Å². The van der Waals surface area contributed by atoms with Gasteiger partial charge < -0.3 is 15.5 Å². The third-order valence-electron chi connectivity index (χ3n) is 3.05. The fourth-order valence-corrected chi connectivity index (χ4v) is 2.24. The number of nitrogens with one attached hydrogen (secondary N) is 1. The Bertz CT molecular complexity index is 715. The van der Waals surface area contributed by atoms with Crippen LogP contribution in [0.1, 0.15) is 5.56 Å². The van der Waals surface area contributed by atoms with Gasteiger partial charge in [0, 0.05) is 16.3 Å². The number of nitrogens with two attached hydrogens (primary N) is 1. The van der Waals surface area contributed by atoms with E-state index in [4.69, 9.17) is 10.5 Å². The van der Waals surface area contributed by atoms with Crippen molar-refractivity contribution >= 4 is 27.5 Å². The normalized spacial score (nSPS) is 11.2. The smallest absolute Gasteiger partial charge is 0.122 e. The average Bonchev–Trinajstić information content (AvgIpc) is 2.66. The number of aryl methyl sites for hydroxylation is 1. The van der Waals surface area contributed by atoms with Crippen LogP contribution in [0, 0.1) is 6.92 Å². The SMILES string of the molecule is COc1cc2c(cc1C)[nH]c1cncc(N)c12. The number of methoxy groups -OCH3 is 1. The molecule has 0 aliphatic carbocycles. The molecule has 0 aliphatic heterocycles. The van der Waals surface area contributed by atoms with Crippen molar-refractivity contribution in [2.24, 2.45) is 0 Å². The number of H-pyrrole nitrogens is 1. The summed E-state index contributed by atoms with van der Waals surface area (Å²) in [4.78, 5) is 7.40. The monoisotopic (exact) mass is 227 g/mol. The lowest BCUT2D eigenvalue weighted by Crippen LogP contribution is -1.88. The lowest BCUT2D eigenvalue weighted by molar-refractivity contribution is 0.412. The summed E-state index contributed by atoms with van der Waals surface area (Å²) in [6, 6.07) is 4.08.